The molecule has 1 aromatic heterocycles. The van der Waals surface area contributed by atoms with Crippen LogP contribution in [0.5, 0.6) is 0 Å². The molecule has 0 aliphatic carbocycles. The number of sulfone groups is 1. The molecular weight excluding hydrogens is 388 g/mol. The van der Waals surface area contributed by atoms with E-state index in [1.54, 1.807) is 4.90 Å². The van der Waals surface area contributed by atoms with E-state index in [2.05, 4.69) is 5.10 Å². The fourth-order valence-corrected chi connectivity index (χ4v) is 5.80. The summed E-state index contributed by atoms with van der Waals surface area (Å²) < 4.78 is 25.6. The van der Waals surface area contributed by atoms with Crippen LogP contribution < -0.4 is 9.80 Å². The Hall–Kier alpha value is -2.19. The summed E-state index contributed by atoms with van der Waals surface area (Å²) in [5.74, 6) is 0.482. The molecule has 0 saturated carbocycles. The summed E-state index contributed by atoms with van der Waals surface area (Å²) in [4.78, 5) is 15.7. The van der Waals surface area contributed by atoms with E-state index in [-0.39, 0.29) is 23.5 Å². The number of hydrogen-bond acceptors (Lipinski definition) is 4. The monoisotopic (exact) mass is 419 g/mol. The topological polar surface area (TPSA) is 76.7 Å². The van der Waals surface area contributed by atoms with Crippen molar-refractivity contribution in [2.75, 3.05) is 36.5 Å². The van der Waals surface area contributed by atoms with Crippen molar-refractivity contribution in [3.05, 3.63) is 47.3 Å². The number of aryl methyl sites for hydroxylation is 1. The molecule has 1 fully saturated rings. The minimum atomic E-state index is -2.96. The highest BCUT2D eigenvalue weighted by atomic mass is 32.2. The standard InChI is InChI=1S/C21H30N4O3S/c1-5-24(18-9-7-6-8-10-18)21(26)14-23(4)13-20-16(2)22-25(17(20)3)19-11-12-29(27,28)15-19/h6-10,19H,5,11-15H2,1-4H3/p+1/t19-/m0/s1. The van der Waals surface area contributed by atoms with Crippen molar-refractivity contribution in [3.63, 3.8) is 0 Å². The van der Waals surface area contributed by atoms with Crippen LogP contribution >= 0.6 is 0 Å². The molecule has 2 heterocycles. The highest BCUT2D eigenvalue weighted by Crippen LogP contribution is 2.26. The lowest BCUT2D eigenvalue weighted by atomic mass is 10.1. The number of para-hydroxylation sites is 1. The van der Waals surface area contributed by atoms with Crippen LogP contribution in [0.3, 0.4) is 0 Å². The van der Waals surface area contributed by atoms with Gasteiger partial charge in [0.2, 0.25) is 0 Å². The number of nitrogens with one attached hydrogen (secondary N) is 1. The Morgan fingerprint density at radius 2 is 1.97 bits per heavy atom. The molecule has 29 heavy (non-hydrogen) atoms. The quantitative estimate of drug-likeness (QED) is 0.724. The molecule has 0 spiro atoms. The number of likely N-dealkylation sites (N-methyl/N-ethyl adjacent to an activating group) is 2. The molecule has 3 rings (SSSR count). The zero-order chi connectivity index (χ0) is 21.2. The summed E-state index contributed by atoms with van der Waals surface area (Å²) in [7, 11) is -0.951. The number of hydrogen-bond donors (Lipinski definition) is 1. The largest absolute Gasteiger partial charge is 0.326 e. The molecule has 2 atom stereocenters. The molecule has 7 nitrogen and oxygen atoms in total. The number of quaternary nitrogens is 1. The molecule has 1 aromatic carbocycles. The van der Waals surface area contributed by atoms with Gasteiger partial charge in [0.25, 0.3) is 5.91 Å². The van der Waals surface area contributed by atoms with Gasteiger partial charge in [-0.15, -0.1) is 0 Å². The molecule has 158 valence electrons. The summed E-state index contributed by atoms with van der Waals surface area (Å²) in [6.07, 6.45) is 0.619. The maximum atomic E-state index is 12.8. The van der Waals surface area contributed by atoms with Gasteiger partial charge in [-0.3, -0.25) is 9.48 Å². The van der Waals surface area contributed by atoms with Gasteiger partial charge in [0.1, 0.15) is 6.54 Å². The first-order valence-electron chi connectivity index (χ1n) is 10.1. The van der Waals surface area contributed by atoms with Crippen LogP contribution in [0.4, 0.5) is 5.69 Å². The predicted molar refractivity (Wildman–Crippen MR) is 114 cm³/mol. The van der Waals surface area contributed by atoms with Gasteiger partial charge in [-0.05, 0) is 39.3 Å². The fourth-order valence-electron chi connectivity index (χ4n) is 4.11. The third kappa shape index (κ3) is 4.87. The van der Waals surface area contributed by atoms with Crippen molar-refractivity contribution >= 4 is 21.4 Å². The lowest BCUT2D eigenvalue weighted by Gasteiger charge is -2.23. The maximum absolute atomic E-state index is 12.8. The maximum Gasteiger partial charge on any atom is 0.282 e. The van der Waals surface area contributed by atoms with Gasteiger partial charge in [-0.1, -0.05) is 18.2 Å². The van der Waals surface area contributed by atoms with Crippen LogP contribution in [0.2, 0.25) is 0 Å². The van der Waals surface area contributed by atoms with E-state index in [0.29, 0.717) is 26.1 Å². The van der Waals surface area contributed by atoms with Gasteiger partial charge in [-0.25, -0.2) is 8.42 Å². The van der Waals surface area contributed by atoms with E-state index in [1.807, 2.05) is 62.8 Å². The molecule has 1 N–H and O–H groups in total. The van der Waals surface area contributed by atoms with Crippen molar-refractivity contribution in [1.29, 1.82) is 0 Å². The summed E-state index contributed by atoms with van der Waals surface area (Å²) in [6.45, 7) is 7.62. The lowest BCUT2D eigenvalue weighted by molar-refractivity contribution is -0.885. The first-order valence-corrected chi connectivity index (χ1v) is 12.0. The Balaban J connectivity index is 1.69. The number of carbonyl (C=O) groups is 1. The van der Waals surface area contributed by atoms with Crippen LogP contribution in [0.15, 0.2) is 30.3 Å². The van der Waals surface area contributed by atoms with E-state index >= 15 is 0 Å². The van der Waals surface area contributed by atoms with Crippen LogP contribution in [-0.4, -0.2) is 55.7 Å². The van der Waals surface area contributed by atoms with Gasteiger partial charge >= 0.3 is 0 Å². The van der Waals surface area contributed by atoms with Gasteiger partial charge < -0.3 is 9.80 Å². The number of nitrogens with zero attached hydrogens (tertiary/aromatic N) is 3. The number of aromatic nitrogens is 2. The van der Waals surface area contributed by atoms with E-state index < -0.39 is 9.84 Å². The molecule has 1 unspecified atom stereocenters. The zero-order valence-electron chi connectivity index (χ0n) is 17.7. The minimum Gasteiger partial charge on any atom is -0.326 e. The smallest absolute Gasteiger partial charge is 0.282 e. The molecule has 8 heteroatoms. The fraction of sp³-hybridized carbons (Fsp3) is 0.524. The number of anilines is 1. The van der Waals surface area contributed by atoms with E-state index in [0.717, 1.165) is 27.5 Å². The van der Waals surface area contributed by atoms with Gasteiger partial charge in [0.15, 0.2) is 16.4 Å². The summed E-state index contributed by atoms with van der Waals surface area (Å²) >= 11 is 0. The first-order chi connectivity index (χ1) is 13.7. The Kier molecular flexibility index (Phi) is 6.43. The van der Waals surface area contributed by atoms with E-state index in [9.17, 15) is 13.2 Å². The molecule has 0 radical (unpaired) electrons. The van der Waals surface area contributed by atoms with Crippen LogP contribution in [-0.2, 0) is 21.2 Å². The summed E-state index contributed by atoms with van der Waals surface area (Å²) in [6, 6.07) is 9.63. The number of rotatable bonds is 7. The van der Waals surface area contributed by atoms with Crippen molar-refractivity contribution < 1.29 is 18.1 Å². The molecule has 2 aromatic rings. The highest BCUT2D eigenvalue weighted by Gasteiger charge is 2.32. The van der Waals surface area contributed by atoms with Crippen LogP contribution in [0, 0.1) is 13.8 Å². The van der Waals surface area contributed by atoms with Crippen LogP contribution in [0.1, 0.15) is 36.3 Å². The number of carbonyl (C=O) groups excluding carboxylic acids is 1. The SMILES string of the molecule is CCN(C(=O)C[NH+](C)Cc1c(C)nn([C@H]2CCS(=O)(=O)C2)c1C)c1ccccc1. The Bertz CT molecular complexity index is 969. The second-order valence-electron chi connectivity index (χ2n) is 7.94. The Morgan fingerprint density at radius 1 is 1.28 bits per heavy atom. The molecule has 1 amide bonds. The first kappa shape index (κ1) is 21.5. The van der Waals surface area contributed by atoms with Gasteiger partial charge in [0.05, 0.1) is 35.9 Å². The third-order valence-electron chi connectivity index (χ3n) is 5.65. The average Bonchev–Trinajstić information content (AvgIpc) is 3.16. The second kappa shape index (κ2) is 8.67. The van der Waals surface area contributed by atoms with Crippen molar-refractivity contribution in [2.45, 2.75) is 39.8 Å². The Morgan fingerprint density at radius 3 is 2.55 bits per heavy atom. The predicted octanol–water partition coefficient (Wildman–Crippen LogP) is 0.927. The second-order valence-corrected chi connectivity index (χ2v) is 10.2. The molecule has 1 aliphatic rings. The molecular formula is C21H31N4O3S+. The minimum absolute atomic E-state index is 0.0805. The Labute approximate surface area is 173 Å². The molecule has 0 bridgehead atoms. The van der Waals surface area contributed by atoms with E-state index in [4.69, 9.17) is 0 Å². The third-order valence-corrected chi connectivity index (χ3v) is 7.40. The number of amides is 1. The van der Waals surface area contributed by atoms with E-state index in [1.165, 1.54) is 0 Å². The normalized spacial score (nSPS) is 19.2. The summed E-state index contributed by atoms with van der Waals surface area (Å²) in [5.41, 5.74) is 3.93. The number of benzene rings is 1. The van der Waals surface area contributed by atoms with Gasteiger partial charge in [0, 0.05) is 17.9 Å². The zero-order valence-corrected chi connectivity index (χ0v) is 18.5. The average molecular weight is 420 g/mol. The van der Waals surface area contributed by atoms with Gasteiger partial charge in [-0.2, -0.15) is 5.10 Å². The lowest BCUT2D eigenvalue weighted by Crippen LogP contribution is -3.09. The molecule has 1 aliphatic heterocycles. The molecule has 1 saturated heterocycles. The van der Waals surface area contributed by atoms with Crippen molar-refractivity contribution in [1.82, 2.24) is 9.78 Å². The highest BCUT2D eigenvalue weighted by molar-refractivity contribution is 7.91. The van der Waals surface area contributed by atoms with Crippen LogP contribution in [0.25, 0.3) is 0 Å². The van der Waals surface area contributed by atoms with Crippen molar-refractivity contribution in [2.24, 2.45) is 0 Å². The van der Waals surface area contributed by atoms with Crippen molar-refractivity contribution in [3.8, 4) is 0 Å². The summed E-state index contributed by atoms with van der Waals surface area (Å²) in [5, 5.41) is 4.63.